The Morgan fingerprint density at radius 2 is 1.60 bits per heavy atom. The summed E-state index contributed by atoms with van der Waals surface area (Å²) in [6.07, 6.45) is 0. The molecule has 0 unspecified atom stereocenters. The molecule has 4 aromatic rings. The van der Waals surface area contributed by atoms with Gasteiger partial charge in [-0.15, -0.1) is 0 Å². The fourth-order valence-corrected chi connectivity index (χ4v) is 3.24. The van der Waals surface area contributed by atoms with E-state index in [2.05, 4.69) is 41.0 Å². The van der Waals surface area contributed by atoms with E-state index >= 15 is 0 Å². The van der Waals surface area contributed by atoms with Crippen LogP contribution in [0.15, 0.2) is 72.8 Å². The highest BCUT2D eigenvalue weighted by molar-refractivity contribution is 6.31. The van der Waals surface area contributed by atoms with Crippen molar-refractivity contribution >= 4 is 22.6 Å². The van der Waals surface area contributed by atoms with Crippen molar-refractivity contribution in [2.24, 2.45) is 5.73 Å². The van der Waals surface area contributed by atoms with E-state index in [1.807, 2.05) is 36.4 Å². The molecule has 4 rings (SSSR count). The van der Waals surface area contributed by atoms with Crippen molar-refractivity contribution in [2.75, 3.05) is 0 Å². The van der Waals surface area contributed by atoms with Crippen LogP contribution in [0.1, 0.15) is 11.1 Å². The molecule has 0 aliphatic heterocycles. The molecule has 124 valence electrons. The van der Waals surface area contributed by atoms with Crippen LogP contribution in [-0.4, -0.2) is 9.55 Å². The minimum absolute atomic E-state index is 0.538. The number of hydrogen-bond donors (Lipinski definition) is 1. The van der Waals surface area contributed by atoms with Gasteiger partial charge >= 0.3 is 0 Å². The van der Waals surface area contributed by atoms with E-state index < -0.39 is 0 Å². The van der Waals surface area contributed by atoms with Crippen LogP contribution in [-0.2, 0) is 13.1 Å². The molecule has 0 saturated heterocycles. The molecular formula is C21H18ClN3. The molecule has 1 heterocycles. The van der Waals surface area contributed by atoms with Gasteiger partial charge in [0.25, 0.3) is 0 Å². The van der Waals surface area contributed by atoms with Gasteiger partial charge < -0.3 is 10.3 Å². The summed E-state index contributed by atoms with van der Waals surface area (Å²) < 4.78 is 2.22. The number of nitrogens with zero attached hydrogens (tertiary/aromatic N) is 2. The molecule has 3 nitrogen and oxygen atoms in total. The number of hydrogen-bond acceptors (Lipinski definition) is 2. The average Bonchev–Trinajstić information content (AvgIpc) is 3.02. The summed E-state index contributed by atoms with van der Waals surface area (Å²) in [6, 6.07) is 24.4. The van der Waals surface area contributed by atoms with Crippen molar-refractivity contribution < 1.29 is 0 Å². The summed E-state index contributed by atoms with van der Waals surface area (Å²) in [7, 11) is 0. The Labute approximate surface area is 151 Å². The van der Waals surface area contributed by atoms with Gasteiger partial charge in [-0.2, -0.15) is 0 Å². The zero-order chi connectivity index (χ0) is 17.2. The monoisotopic (exact) mass is 347 g/mol. The Kier molecular flexibility index (Phi) is 4.26. The van der Waals surface area contributed by atoms with Crippen molar-refractivity contribution in [2.45, 2.75) is 13.1 Å². The maximum absolute atomic E-state index is 6.38. The van der Waals surface area contributed by atoms with E-state index in [4.69, 9.17) is 22.3 Å². The van der Waals surface area contributed by atoms with Crippen LogP contribution in [0.25, 0.3) is 22.4 Å². The first-order valence-corrected chi connectivity index (χ1v) is 8.62. The Bertz CT molecular complexity index is 1020. The molecule has 0 bridgehead atoms. The van der Waals surface area contributed by atoms with Gasteiger partial charge in [0.05, 0.1) is 17.6 Å². The fourth-order valence-electron chi connectivity index (χ4n) is 3.04. The Balaban J connectivity index is 1.87. The predicted molar refractivity (Wildman–Crippen MR) is 104 cm³/mol. The highest BCUT2D eigenvalue weighted by Crippen LogP contribution is 2.27. The van der Waals surface area contributed by atoms with E-state index in [0.29, 0.717) is 13.1 Å². The second-order valence-electron chi connectivity index (χ2n) is 6.00. The van der Waals surface area contributed by atoms with Gasteiger partial charge in [0.1, 0.15) is 5.82 Å². The number of aromatic nitrogens is 2. The number of benzene rings is 3. The van der Waals surface area contributed by atoms with Gasteiger partial charge in [-0.1, -0.05) is 66.2 Å². The molecule has 2 N–H and O–H groups in total. The van der Waals surface area contributed by atoms with Crippen molar-refractivity contribution in [3.8, 4) is 11.4 Å². The number of para-hydroxylation sites is 2. The highest BCUT2D eigenvalue weighted by atomic mass is 35.5. The van der Waals surface area contributed by atoms with Crippen LogP contribution in [0.3, 0.4) is 0 Å². The number of nitrogens with two attached hydrogens (primary N) is 1. The van der Waals surface area contributed by atoms with Crippen LogP contribution in [0, 0.1) is 0 Å². The smallest absolute Gasteiger partial charge is 0.141 e. The van der Waals surface area contributed by atoms with Gasteiger partial charge in [-0.3, -0.25) is 0 Å². The SMILES string of the molecule is NCc1ccc(-c2nc3ccccc3n2Cc2ccccc2Cl)cc1. The summed E-state index contributed by atoms with van der Waals surface area (Å²) in [5, 5.41) is 0.768. The van der Waals surface area contributed by atoms with Crippen molar-refractivity contribution in [3.05, 3.63) is 88.9 Å². The fraction of sp³-hybridized carbons (Fsp3) is 0.0952. The lowest BCUT2D eigenvalue weighted by atomic mass is 10.1. The Morgan fingerprint density at radius 3 is 2.36 bits per heavy atom. The van der Waals surface area contributed by atoms with E-state index in [0.717, 1.165) is 38.6 Å². The van der Waals surface area contributed by atoms with E-state index in [1.165, 1.54) is 0 Å². The predicted octanol–water partition coefficient (Wildman–Crippen LogP) is 4.86. The van der Waals surface area contributed by atoms with Gasteiger partial charge in [-0.05, 0) is 29.3 Å². The van der Waals surface area contributed by atoms with Crippen molar-refractivity contribution in [3.63, 3.8) is 0 Å². The second-order valence-corrected chi connectivity index (χ2v) is 6.41. The minimum atomic E-state index is 0.538. The van der Waals surface area contributed by atoms with Crippen LogP contribution >= 0.6 is 11.6 Å². The molecule has 0 aliphatic carbocycles. The van der Waals surface area contributed by atoms with Crippen LogP contribution in [0.5, 0.6) is 0 Å². The summed E-state index contributed by atoms with van der Waals surface area (Å²) in [5.41, 5.74) is 11.0. The van der Waals surface area contributed by atoms with Crippen molar-refractivity contribution in [1.82, 2.24) is 9.55 Å². The second kappa shape index (κ2) is 6.71. The number of imidazole rings is 1. The summed E-state index contributed by atoms with van der Waals surface area (Å²) in [5.74, 6) is 0.935. The molecule has 0 atom stereocenters. The number of fused-ring (bicyclic) bond motifs is 1. The molecule has 0 fully saturated rings. The Hall–Kier alpha value is -2.62. The highest BCUT2D eigenvalue weighted by Gasteiger charge is 2.13. The average molecular weight is 348 g/mol. The molecule has 25 heavy (non-hydrogen) atoms. The molecule has 0 radical (unpaired) electrons. The third kappa shape index (κ3) is 3.04. The quantitative estimate of drug-likeness (QED) is 0.572. The zero-order valence-electron chi connectivity index (χ0n) is 13.7. The van der Waals surface area contributed by atoms with Crippen LogP contribution in [0.2, 0.25) is 5.02 Å². The lowest BCUT2D eigenvalue weighted by Gasteiger charge is -2.11. The topological polar surface area (TPSA) is 43.8 Å². The number of rotatable bonds is 4. The number of halogens is 1. The van der Waals surface area contributed by atoms with Gasteiger partial charge in [0.15, 0.2) is 0 Å². The molecular weight excluding hydrogens is 330 g/mol. The van der Waals surface area contributed by atoms with E-state index in [9.17, 15) is 0 Å². The van der Waals surface area contributed by atoms with Crippen LogP contribution in [0.4, 0.5) is 0 Å². The van der Waals surface area contributed by atoms with E-state index in [1.54, 1.807) is 0 Å². The molecule has 0 amide bonds. The maximum atomic E-state index is 6.38. The van der Waals surface area contributed by atoms with Gasteiger partial charge in [0, 0.05) is 17.1 Å². The first-order valence-electron chi connectivity index (χ1n) is 8.24. The van der Waals surface area contributed by atoms with E-state index in [-0.39, 0.29) is 0 Å². The standard InChI is InChI=1S/C21H18ClN3/c22-18-6-2-1-5-17(18)14-25-20-8-4-3-7-19(20)24-21(25)16-11-9-15(13-23)10-12-16/h1-12H,13-14,23H2. The van der Waals surface area contributed by atoms with Gasteiger partial charge in [0.2, 0.25) is 0 Å². The van der Waals surface area contributed by atoms with Crippen molar-refractivity contribution in [1.29, 1.82) is 0 Å². The lowest BCUT2D eigenvalue weighted by molar-refractivity contribution is 0.834. The molecule has 3 aromatic carbocycles. The third-order valence-corrected chi connectivity index (χ3v) is 4.76. The van der Waals surface area contributed by atoms with Gasteiger partial charge in [-0.25, -0.2) is 4.98 Å². The minimum Gasteiger partial charge on any atom is -0.326 e. The molecule has 4 heteroatoms. The molecule has 0 aliphatic rings. The van der Waals surface area contributed by atoms with Crippen LogP contribution < -0.4 is 5.73 Å². The lowest BCUT2D eigenvalue weighted by Crippen LogP contribution is -2.03. The summed E-state index contributed by atoms with van der Waals surface area (Å²) >= 11 is 6.38. The third-order valence-electron chi connectivity index (χ3n) is 4.39. The normalized spacial score (nSPS) is 11.1. The molecule has 1 aromatic heterocycles. The summed E-state index contributed by atoms with van der Waals surface area (Å²) in [6.45, 7) is 1.21. The molecule has 0 saturated carbocycles. The largest absolute Gasteiger partial charge is 0.326 e. The maximum Gasteiger partial charge on any atom is 0.141 e. The Morgan fingerprint density at radius 1 is 0.880 bits per heavy atom. The first kappa shape index (κ1) is 15.9. The molecule has 0 spiro atoms. The first-order chi connectivity index (χ1) is 12.3. The summed E-state index contributed by atoms with van der Waals surface area (Å²) in [4.78, 5) is 4.85. The zero-order valence-corrected chi connectivity index (χ0v) is 14.4.